The average Bonchev–Trinajstić information content (AvgIpc) is 2.66. The zero-order valence-electron chi connectivity index (χ0n) is 15.9. The molecule has 26 heavy (non-hydrogen) atoms. The van der Waals surface area contributed by atoms with Gasteiger partial charge in [-0.05, 0) is 25.0 Å². The molecule has 3 N–H and O–H groups in total. The van der Waals surface area contributed by atoms with Crippen molar-refractivity contribution in [3.05, 3.63) is 71.3 Å². The summed E-state index contributed by atoms with van der Waals surface area (Å²) in [6.07, 6.45) is 0. The van der Waals surface area contributed by atoms with Crippen molar-refractivity contribution in [2.45, 2.75) is 26.4 Å². The molecule has 2 aromatic carbocycles. The summed E-state index contributed by atoms with van der Waals surface area (Å²) >= 11 is 0. The number of hydrogen-bond donors (Lipinski definition) is 3. The van der Waals surface area contributed by atoms with Crippen LogP contribution in [0.15, 0.2) is 54.6 Å². The van der Waals surface area contributed by atoms with Crippen LogP contribution in [-0.2, 0) is 11.3 Å². The van der Waals surface area contributed by atoms with Crippen LogP contribution in [0.3, 0.4) is 0 Å². The number of nitrogens with one attached hydrogen (secondary N) is 3. The Morgan fingerprint density at radius 3 is 2.27 bits per heavy atom. The SMILES string of the molecule is Cc1ccccc1C[NH+]1CC[NH+](CC(=O)N[C@@H](C)c2ccccc2)CC1. The molecule has 1 aliphatic heterocycles. The third kappa shape index (κ3) is 5.16. The van der Waals surface area contributed by atoms with E-state index in [0.29, 0.717) is 6.54 Å². The Balaban J connectivity index is 1.42. The van der Waals surface area contributed by atoms with E-state index in [1.807, 2.05) is 25.1 Å². The number of carbonyl (C=O) groups excluding carboxylic acids is 1. The predicted octanol–water partition coefficient (Wildman–Crippen LogP) is 0.156. The highest BCUT2D eigenvalue weighted by atomic mass is 16.2. The van der Waals surface area contributed by atoms with E-state index in [2.05, 4.69) is 48.6 Å². The molecule has 1 fully saturated rings. The Morgan fingerprint density at radius 1 is 0.962 bits per heavy atom. The summed E-state index contributed by atoms with van der Waals surface area (Å²) in [5.74, 6) is 0.152. The highest BCUT2D eigenvalue weighted by molar-refractivity contribution is 5.77. The molecule has 0 aliphatic carbocycles. The summed E-state index contributed by atoms with van der Waals surface area (Å²) in [4.78, 5) is 15.4. The van der Waals surface area contributed by atoms with Gasteiger partial charge in [-0.2, -0.15) is 0 Å². The maximum atomic E-state index is 12.4. The molecule has 1 heterocycles. The zero-order valence-corrected chi connectivity index (χ0v) is 15.9. The molecule has 1 saturated heterocycles. The first kappa shape index (κ1) is 18.6. The van der Waals surface area contributed by atoms with E-state index in [9.17, 15) is 4.79 Å². The number of hydrogen-bond acceptors (Lipinski definition) is 1. The molecule has 0 unspecified atom stereocenters. The van der Waals surface area contributed by atoms with Crippen molar-refractivity contribution in [2.75, 3.05) is 32.7 Å². The molecular formula is C22H31N3O+2. The monoisotopic (exact) mass is 353 g/mol. The van der Waals surface area contributed by atoms with Crippen LogP contribution < -0.4 is 15.1 Å². The van der Waals surface area contributed by atoms with Gasteiger partial charge < -0.3 is 15.1 Å². The van der Waals surface area contributed by atoms with Gasteiger partial charge in [0.05, 0.1) is 6.04 Å². The first-order valence-electron chi connectivity index (χ1n) is 9.68. The van der Waals surface area contributed by atoms with E-state index in [4.69, 9.17) is 0 Å². The fourth-order valence-electron chi connectivity index (χ4n) is 3.73. The van der Waals surface area contributed by atoms with Crippen molar-refractivity contribution in [2.24, 2.45) is 0 Å². The Bertz CT molecular complexity index is 708. The lowest BCUT2D eigenvalue weighted by atomic mass is 10.1. The second kappa shape index (κ2) is 8.97. The molecule has 4 nitrogen and oxygen atoms in total. The standard InChI is InChI=1S/C22H29N3O/c1-18-8-6-7-11-21(18)16-24-12-14-25(15-13-24)17-22(26)23-19(2)20-9-4-3-5-10-20/h3-11,19H,12-17H2,1-2H3,(H,23,26)/p+2/t19-/m0/s1. The molecule has 1 amide bonds. The van der Waals surface area contributed by atoms with Crippen molar-refractivity contribution in [3.8, 4) is 0 Å². The summed E-state index contributed by atoms with van der Waals surface area (Å²) < 4.78 is 0. The van der Waals surface area contributed by atoms with Crippen LogP contribution >= 0.6 is 0 Å². The molecule has 0 spiro atoms. The van der Waals surface area contributed by atoms with E-state index in [0.717, 1.165) is 38.3 Å². The molecule has 0 bridgehead atoms. The maximum Gasteiger partial charge on any atom is 0.275 e. The van der Waals surface area contributed by atoms with Crippen LogP contribution in [0.1, 0.15) is 29.7 Å². The van der Waals surface area contributed by atoms with Crippen LogP contribution in [0, 0.1) is 6.92 Å². The van der Waals surface area contributed by atoms with E-state index in [-0.39, 0.29) is 11.9 Å². The van der Waals surface area contributed by atoms with Crippen molar-refractivity contribution in [1.82, 2.24) is 5.32 Å². The van der Waals surface area contributed by atoms with Crippen LogP contribution in [0.4, 0.5) is 0 Å². The van der Waals surface area contributed by atoms with Gasteiger partial charge in [0.25, 0.3) is 5.91 Å². The van der Waals surface area contributed by atoms with E-state index >= 15 is 0 Å². The van der Waals surface area contributed by atoms with Gasteiger partial charge in [-0.25, -0.2) is 0 Å². The lowest BCUT2D eigenvalue weighted by Gasteiger charge is -2.30. The number of amides is 1. The molecule has 138 valence electrons. The van der Waals surface area contributed by atoms with Gasteiger partial charge in [0.15, 0.2) is 6.54 Å². The van der Waals surface area contributed by atoms with Crippen LogP contribution in [0.2, 0.25) is 0 Å². The third-order valence-corrected chi connectivity index (χ3v) is 5.45. The molecule has 0 aromatic heterocycles. The van der Waals surface area contributed by atoms with Gasteiger partial charge >= 0.3 is 0 Å². The second-order valence-corrected chi connectivity index (χ2v) is 7.48. The topological polar surface area (TPSA) is 38.0 Å². The lowest BCUT2D eigenvalue weighted by Crippen LogP contribution is -3.28. The number of quaternary nitrogens is 2. The average molecular weight is 354 g/mol. The molecule has 0 radical (unpaired) electrons. The Morgan fingerprint density at radius 2 is 1.58 bits per heavy atom. The summed E-state index contributed by atoms with van der Waals surface area (Å²) in [6, 6.07) is 18.9. The summed E-state index contributed by atoms with van der Waals surface area (Å²) in [6.45, 7) is 10.3. The van der Waals surface area contributed by atoms with E-state index in [1.54, 1.807) is 4.90 Å². The van der Waals surface area contributed by atoms with Gasteiger partial charge in [-0.1, -0.05) is 54.6 Å². The minimum absolute atomic E-state index is 0.0658. The molecule has 2 aromatic rings. The molecule has 3 rings (SSSR count). The quantitative estimate of drug-likeness (QED) is 0.680. The fraction of sp³-hybridized carbons (Fsp3) is 0.409. The summed E-state index contributed by atoms with van der Waals surface area (Å²) in [7, 11) is 0. The van der Waals surface area contributed by atoms with Crippen molar-refractivity contribution in [3.63, 3.8) is 0 Å². The summed E-state index contributed by atoms with van der Waals surface area (Å²) in [5, 5.41) is 3.14. The van der Waals surface area contributed by atoms with E-state index < -0.39 is 0 Å². The van der Waals surface area contributed by atoms with Gasteiger partial charge in [0.1, 0.15) is 32.7 Å². The van der Waals surface area contributed by atoms with Gasteiger partial charge in [0, 0.05) is 5.56 Å². The highest BCUT2D eigenvalue weighted by Crippen LogP contribution is 2.10. The fourth-order valence-corrected chi connectivity index (χ4v) is 3.73. The largest absolute Gasteiger partial charge is 0.345 e. The second-order valence-electron chi connectivity index (χ2n) is 7.48. The maximum absolute atomic E-state index is 12.4. The van der Waals surface area contributed by atoms with Crippen LogP contribution in [0.5, 0.6) is 0 Å². The van der Waals surface area contributed by atoms with Crippen molar-refractivity contribution < 1.29 is 14.6 Å². The van der Waals surface area contributed by atoms with Crippen molar-refractivity contribution >= 4 is 5.91 Å². The van der Waals surface area contributed by atoms with Crippen LogP contribution in [-0.4, -0.2) is 38.6 Å². The predicted molar refractivity (Wildman–Crippen MR) is 104 cm³/mol. The third-order valence-electron chi connectivity index (χ3n) is 5.45. The van der Waals surface area contributed by atoms with Crippen LogP contribution in [0.25, 0.3) is 0 Å². The van der Waals surface area contributed by atoms with Gasteiger partial charge in [0.2, 0.25) is 0 Å². The number of benzene rings is 2. The van der Waals surface area contributed by atoms with Crippen molar-refractivity contribution in [1.29, 1.82) is 0 Å². The first-order valence-corrected chi connectivity index (χ1v) is 9.68. The van der Waals surface area contributed by atoms with E-state index in [1.165, 1.54) is 16.0 Å². The molecular weight excluding hydrogens is 322 g/mol. The Kier molecular flexibility index (Phi) is 6.42. The first-order chi connectivity index (χ1) is 12.6. The molecule has 0 saturated carbocycles. The highest BCUT2D eigenvalue weighted by Gasteiger charge is 2.25. The normalized spacial score (nSPS) is 21.2. The molecule has 1 aliphatic rings. The number of aryl methyl sites for hydroxylation is 1. The minimum atomic E-state index is 0.0658. The summed E-state index contributed by atoms with van der Waals surface area (Å²) in [5.41, 5.74) is 3.98. The Labute approximate surface area is 156 Å². The number of piperazine rings is 1. The number of rotatable bonds is 6. The minimum Gasteiger partial charge on any atom is -0.345 e. The Hall–Kier alpha value is -2.17. The van der Waals surface area contributed by atoms with Gasteiger partial charge in [-0.3, -0.25) is 4.79 Å². The molecule has 1 atom stereocenters. The van der Waals surface area contributed by atoms with Gasteiger partial charge in [-0.15, -0.1) is 0 Å². The number of carbonyl (C=O) groups is 1. The molecule has 4 heteroatoms. The smallest absolute Gasteiger partial charge is 0.275 e. The lowest BCUT2D eigenvalue weighted by molar-refractivity contribution is -1.02. The zero-order chi connectivity index (χ0) is 18.4.